The highest BCUT2D eigenvalue weighted by atomic mass is 16.4. The molecule has 1 aromatic heterocycles. The SMILES string of the molecule is C[C@@H](CN[C@H](c1ccccc1)[C@H]1CNc2cccc(C#N)c2N1)c1ccc(CC(=O)O)o1. The second-order valence-corrected chi connectivity index (χ2v) is 8.04. The minimum absolute atomic E-state index is 0.0144. The Morgan fingerprint density at radius 3 is 2.78 bits per heavy atom. The molecule has 3 aromatic rings. The molecule has 4 N–H and O–H groups in total. The van der Waals surface area contributed by atoms with Gasteiger partial charge in [-0.05, 0) is 29.8 Å². The third-order valence-electron chi connectivity index (χ3n) is 5.73. The fourth-order valence-electron chi connectivity index (χ4n) is 4.07. The van der Waals surface area contributed by atoms with E-state index in [-0.39, 0.29) is 24.4 Å². The molecule has 7 heteroatoms. The maximum absolute atomic E-state index is 10.9. The Morgan fingerprint density at radius 1 is 1.22 bits per heavy atom. The number of benzene rings is 2. The zero-order valence-electron chi connectivity index (χ0n) is 17.8. The van der Waals surface area contributed by atoms with Gasteiger partial charge in [-0.2, -0.15) is 5.26 Å². The minimum atomic E-state index is -0.909. The van der Waals surface area contributed by atoms with Crippen LogP contribution in [-0.4, -0.2) is 30.2 Å². The highest BCUT2D eigenvalue weighted by Gasteiger charge is 2.28. The van der Waals surface area contributed by atoms with Gasteiger partial charge >= 0.3 is 5.97 Å². The first-order chi connectivity index (χ1) is 15.5. The van der Waals surface area contributed by atoms with Crippen molar-refractivity contribution in [3.05, 3.63) is 83.3 Å². The van der Waals surface area contributed by atoms with Crippen molar-refractivity contribution in [2.24, 2.45) is 0 Å². The number of aliphatic carboxylic acids is 1. The van der Waals surface area contributed by atoms with Gasteiger partial charge in [-0.15, -0.1) is 0 Å². The summed E-state index contributed by atoms with van der Waals surface area (Å²) >= 11 is 0. The Hall–Kier alpha value is -3.76. The number of nitriles is 1. The number of nitrogens with zero attached hydrogens (tertiary/aromatic N) is 1. The van der Waals surface area contributed by atoms with E-state index < -0.39 is 5.97 Å². The Kier molecular flexibility index (Phi) is 6.43. The standard InChI is InChI=1S/C25H26N4O3/c1-16(22-11-10-19(32-22)12-23(30)31)14-28-24(17-6-3-2-4-7-17)21-15-27-20-9-5-8-18(13-26)25(20)29-21/h2-11,16,21,24,27-29H,12,14-15H2,1H3,(H,30,31)/t16-,21+,24+/m0/s1. The molecule has 7 nitrogen and oxygen atoms in total. The molecule has 0 saturated heterocycles. The molecule has 4 rings (SSSR count). The van der Waals surface area contributed by atoms with E-state index >= 15 is 0 Å². The van der Waals surface area contributed by atoms with E-state index in [9.17, 15) is 10.1 Å². The number of hydrogen-bond acceptors (Lipinski definition) is 6. The number of hydrogen-bond donors (Lipinski definition) is 4. The number of carboxylic acids is 1. The van der Waals surface area contributed by atoms with Crippen LogP contribution < -0.4 is 16.0 Å². The highest BCUT2D eigenvalue weighted by Crippen LogP contribution is 2.33. The molecule has 0 fully saturated rings. The first-order valence-corrected chi connectivity index (χ1v) is 10.7. The largest absolute Gasteiger partial charge is 0.481 e. The lowest BCUT2D eigenvalue weighted by molar-refractivity contribution is -0.136. The summed E-state index contributed by atoms with van der Waals surface area (Å²) in [4.78, 5) is 10.9. The van der Waals surface area contributed by atoms with Crippen molar-refractivity contribution in [1.82, 2.24) is 5.32 Å². The van der Waals surface area contributed by atoms with Gasteiger partial charge in [0, 0.05) is 19.0 Å². The highest BCUT2D eigenvalue weighted by molar-refractivity contribution is 5.77. The summed E-state index contributed by atoms with van der Waals surface area (Å²) in [5.74, 6) is 0.362. The van der Waals surface area contributed by atoms with Gasteiger partial charge in [-0.3, -0.25) is 4.79 Å². The van der Waals surface area contributed by atoms with Crippen molar-refractivity contribution in [1.29, 1.82) is 5.26 Å². The van der Waals surface area contributed by atoms with E-state index in [1.54, 1.807) is 6.07 Å². The number of fused-ring (bicyclic) bond motifs is 1. The fraction of sp³-hybridized carbons (Fsp3) is 0.280. The molecule has 0 amide bonds. The molecule has 0 spiro atoms. The summed E-state index contributed by atoms with van der Waals surface area (Å²) in [6, 6.07) is 21.7. The number of carbonyl (C=O) groups is 1. The maximum atomic E-state index is 10.9. The molecule has 2 heterocycles. The van der Waals surface area contributed by atoms with Crippen LogP contribution in [0.1, 0.15) is 41.5 Å². The first kappa shape index (κ1) is 21.5. The molecule has 2 aromatic carbocycles. The van der Waals surface area contributed by atoms with Crippen molar-refractivity contribution >= 4 is 17.3 Å². The lowest BCUT2D eigenvalue weighted by Crippen LogP contribution is -2.45. The topological polar surface area (TPSA) is 110 Å². The van der Waals surface area contributed by atoms with Crippen LogP contribution >= 0.6 is 0 Å². The lowest BCUT2D eigenvalue weighted by Gasteiger charge is -2.35. The maximum Gasteiger partial charge on any atom is 0.311 e. The lowest BCUT2D eigenvalue weighted by atomic mass is 9.95. The zero-order valence-corrected chi connectivity index (χ0v) is 17.8. The van der Waals surface area contributed by atoms with Gasteiger partial charge in [0.2, 0.25) is 0 Å². The van der Waals surface area contributed by atoms with E-state index in [1.807, 2.05) is 49.4 Å². The first-order valence-electron chi connectivity index (χ1n) is 10.7. The Morgan fingerprint density at radius 2 is 2.03 bits per heavy atom. The van der Waals surface area contributed by atoms with Crippen molar-refractivity contribution in [2.45, 2.75) is 31.3 Å². The molecule has 1 aliphatic rings. The normalized spacial score (nSPS) is 16.7. The summed E-state index contributed by atoms with van der Waals surface area (Å²) in [5, 5.41) is 29.2. The summed E-state index contributed by atoms with van der Waals surface area (Å²) in [5.41, 5.74) is 3.51. The van der Waals surface area contributed by atoms with E-state index in [0.717, 1.165) is 22.7 Å². The van der Waals surface area contributed by atoms with Gasteiger partial charge in [0.1, 0.15) is 24.0 Å². The minimum Gasteiger partial charge on any atom is -0.481 e. The Bertz CT molecular complexity index is 1120. The molecule has 0 bridgehead atoms. The average Bonchev–Trinajstić information content (AvgIpc) is 3.27. The Balaban J connectivity index is 1.51. The summed E-state index contributed by atoms with van der Waals surface area (Å²) in [6.07, 6.45) is -0.120. The smallest absolute Gasteiger partial charge is 0.311 e. The van der Waals surface area contributed by atoms with Crippen LogP contribution in [0.2, 0.25) is 0 Å². The van der Waals surface area contributed by atoms with Crippen LogP contribution in [0.4, 0.5) is 11.4 Å². The van der Waals surface area contributed by atoms with Crippen LogP contribution in [0.3, 0.4) is 0 Å². The number of anilines is 2. The molecule has 164 valence electrons. The Labute approximate surface area is 187 Å². The van der Waals surface area contributed by atoms with E-state index in [2.05, 4.69) is 34.2 Å². The number of nitrogens with one attached hydrogen (secondary N) is 3. The van der Waals surface area contributed by atoms with Crippen molar-refractivity contribution in [3.63, 3.8) is 0 Å². The molecule has 0 saturated carbocycles. The summed E-state index contributed by atoms with van der Waals surface area (Å²) in [7, 11) is 0. The molecule has 0 radical (unpaired) electrons. The van der Waals surface area contributed by atoms with Crippen molar-refractivity contribution < 1.29 is 14.3 Å². The average molecular weight is 431 g/mol. The van der Waals surface area contributed by atoms with Crippen LogP contribution in [-0.2, 0) is 11.2 Å². The zero-order chi connectivity index (χ0) is 22.5. The second-order valence-electron chi connectivity index (χ2n) is 8.04. The number of furan rings is 1. The van der Waals surface area contributed by atoms with Gasteiger partial charge in [0.05, 0.1) is 29.0 Å². The number of para-hydroxylation sites is 1. The van der Waals surface area contributed by atoms with Gasteiger partial charge in [-0.1, -0.05) is 43.3 Å². The quantitative estimate of drug-likeness (QED) is 0.425. The van der Waals surface area contributed by atoms with Crippen LogP contribution in [0.5, 0.6) is 0 Å². The molecule has 32 heavy (non-hydrogen) atoms. The van der Waals surface area contributed by atoms with Crippen LogP contribution in [0.15, 0.2) is 65.1 Å². The van der Waals surface area contributed by atoms with Crippen molar-refractivity contribution in [3.8, 4) is 6.07 Å². The van der Waals surface area contributed by atoms with E-state index in [0.29, 0.717) is 24.4 Å². The van der Waals surface area contributed by atoms with Gasteiger partial charge in [0.15, 0.2) is 0 Å². The van der Waals surface area contributed by atoms with E-state index in [4.69, 9.17) is 9.52 Å². The summed E-state index contributed by atoms with van der Waals surface area (Å²) < 4.78 is 5.73. The molecular formula is C25H26N4O3. The molecular weight excluding hydrogens is 404 g/mol. The molecule has 0 unspecified atom stereocenters. The third-order valence-corrected chi connectivity index (χ3v) is 5.73. The number of rotatable bonds is 8. The monoisotopic (exact) mass is 430 g/mol. The molecule has 0 aliphatic carbocycles. The molecule has 3 atom stereocenters. The van der Waals surface area contributed by atoms with Crippen molar-refractivity contribution in [2.75, 3.05) is 23.7 Å². The van der Waals surface area contributed by atoms with E-state index in [1.165, 1.54) is 0 Å². The predicted molar refractivity (Wildman–Crippen MR) is 123 cm³/mol. The fourth-order valence-corrected chi connectivity index (χ4v) is 4.07. The third kappa shape index (κ3) is 4.76. The van der Waals surface area contributed by atoms with Gasteiger partial charge < -0.3 is 25.5 Å². The number of carboxylic acid groups (broad SMARTS) is 1. The van der Waals surface area contributed by atoms with Gasteiger partial charge in [-0.25, -0.2) is 0 Å². The van der Waals surface area contributed by atoms with Gasteiger partial charge in [0.25, 0.3) is 0 Å². The predicted octanol–water partition coefficient (Wildman–Crippen LogP) is 4.12. The molecule has 1 aliphatic heterocycles. The second kappa shape index (κ2) is 9.58. The van der Waals surface area contributed by atoms with Crippen LogP contribution in [0.25, 0.3) is 0 Å². The summed E-state index contributed by atoms with van der Waals surface area (Å²) in [6.45, 7) is 3.39. The van der Waals surface area contributed by atoms with Crippen LogP contribution in [0, 0.1) is 11.3 Å².